The Kier molecular flexibility index (Phi) is 4.68. The number of carbonyl (C=O) groups is 1. The molecule has 0 saturated carbocycles. The van der Waals surface area contributed by atoms with E-state index in [9.17, 15) is 13.6 Å². The molecular weight excluding hydrogens is 244 g/mol. The molecule has 18 heavy (non-hydrogen) atoms. The summed E-state index contributed by atoms with van der Waals surface area (Å²) >= 11 is 0. The minimum Gasteiger partial charge on any atom is -0.462 e. The van der Waals surface area contributed by atoms with E-state index in [4.69, 9.17) is 15.7 Å². The lowest BCUT2D eigenvalue weighted by Crippen LogP contribution is -2.14. The van der Waals surface area contributed by atoms with Crippen LogP contribution in [0.2, 0.25) is 0 Å². The second kappa shape index (κ2) is 6.02. The fourth-order valence-corrected chi connectivity index (χ4v) is 1.45. The molecule has 0 saturated heterocycles. The van der Waals surface area contributed by atoms with Gasteiger partial charge in [-0.3, -0.25) is 4.98 Å². The first kappa shape index (κ1) is 14.0. The number of alkyl halides is 2. The van der Waals surface area contributed by atoms with Crippen LogP contribution in [-0.4, -0.2) is 17.6 Å². The Hall–Kier alpha value is -2.07. The minimum absolute atomic E-state index is 0.109. The average Bonchev–Trinajstić information content (AvgIpc) is 2.36. The molecule has 1 rings (SSSR count). The van der Waals surface area contributed by atoms with Gasteiger partial charge in [-0.15, -0.1) is 0 Å². The molecule has 0 radical (unpaired) electrons. The summed E-state index contributed by atoms with van der Waals surface area (Å²) in [4.78, 5) is 15.0. The van der Waals surface area contributed by atoms with Gasteiger partial charge in [0.1, 0.15) is 11.8 Å². The molecule has 0 atom stereocenters. The number of hydrogen-bond donors (Lipinski definition) is 1. The minimum atomic E-state index is -2.85. The van der Waals surface area contributed by atoms with Gasteiger partial charge >= 0.3 is 5.97 Å². The summed E-state index contributed by atoms with van der Waals surface area (Å²) in [5.74, 6) is -0.780. The fraction of sp³-hybridized carbons (Fsp3) is 0.364. The SMILES string of the molecule is CCOC(=O)c1cnc(C(F)F)c(CN)c1C#N. The Morgan fingerprint density at radius 1 is 1.67 bits per heavy atom. The summed E-state index contributed by atoms with van der Waals surface area (Å²) < 4.78 is 30.0. The summed E-state index contributed by atoms with van der Waals surface area (Å²) in [7, 11) is 0. The van der Waals surface area contributed by atoms with E-state index in [0.29, 0.717) is 0 Å². The van der Waals surface area contributed by atoms with Crippen LogP contribution in [0, 0.1) is 11.3 Å². The molecule has 0 amide bonds. The first-order chi connectivity index (χ1) is 8.56. The van der Waals surface area contributed by atoms with Crippen LogP contribution >= 0.6 is 0 Å². The highest BCUT2D eigenvalue weighted by Crippen LogP contribution is 2.25. The number of esters is 1. The van der Waals surface area contributed by atoms with Crippen molar-refractivity contribution in [2.24, 2.45) is 5.73 Å². The lowest BCUT2D eigenvalue weighted by atomic mass is 10.0. The van der Waals surface area contributed by atoms with Crippen LogP contribution in [0.4, 0.5) is 8.78 Å². The Morgan fingerprint density at radius 2 is 2.33 bits per heavy atom. The molecule has 5 nitrogen and oxygen atoms in total. The van der Waals surface area contributed by atoms with E-state index < -0.39 is 18.1 Å². The van der Waals surface area contributed by atoms with Crippen LogP contribution in [0.25, 0.3) is 0 Å². The summed E-state index contributed by atoms with van der Waals surface area (Å²) in [5.41, 5.74) is 4.27. The van der Waals surface area contributed by atoms with Gasteiger partial charge < -0.3 is 10.5 Å². The van der Waals surface area contributed by atoms with Crippen molar-refractivity contribution in [3.05, 3.63) is 28.6 Å². The van der Waals surface area contributed by atoms with Gasteiger partial charge in [0.15, 0.2) is 0 Å². The van der Waals surface area contributed by atoms with E-state index in [-0.39, 0.29) is 29.8 Å². The lowest BCUT2D eigenvalue weighted by Gasteiger charge is -2.11. The van der Waals surface area contributed by atoms with Gasteiger partial charge in [0.25, 0.3) is 6.43 Å². The first-order valence-corrected chi connectivity index (χ1v) is 5.14. The molecule has 0 bridgehead atoms. The maximum Gasteiger partial charge on any atom is 0.341 e. The predicted octanol–water partition coefficient (Wildman–Crippen LogP) is 1.53. The maximum atomic E-state index is 12.7. The lowest BCUT2D eigenvalue weighted by molar-refractivity contribution is 0.0524. The number of rotatable bonds is 4. The molecule has 96 valence electrons. The predicted molar refractivity (Wildman–Crippen MR) is 57.8 cm³/mol. The third-order valence-corrected chi connectivity index (χ3v) is 2.23. The summed E-state index contributed by atoms with van der Waals surface area (Å²) in [6.07, 6.45) is -1.94. The zero-order chi connectivity index (χ0) is 13.7. The van der Waals surface area contributed by atoms with Crippen LogP contribution < -0.4 is 5.73 Å². The second-order valence-electron chi connectivity index (χ2n) is 3.25. The van der Waals surface area contributed by atoms with Crippen molar-refractivity contribution >= 4 is 5.97 Å². The zero-order valence-electron chi connectivity index (χ0n) is 9.61. The number of hydrogen-bond acceptors (Lipinski definition) is 5. The van der Waals surface area contributed by atoms with Gasteiger partial charge in [-0.25, -0.2) is 13.6 Å². The molecule has 0 aliphatic carbocycles. The van der Waals surface area contributed by atoms with E-state index in [1.54, 1.807) is 13.0 Å². The highest BCUT2D eigenvalue weighted by Gasteiger charge is 2.23. The molecule has 0 spiro atoms. The van der Waals surface area contributed by atoms with E-state index in [1.165, 1.54) is 0 Å². The summed E-state index contributed by atoms with van der Waals surface area (Å²) in [6, 6.07) is 1.70. The van der Waals surface area contributed by atoms with Crippen LogP contribution in [0.3, 0.4) is 0 Å². The quantitative estimate of drug-likeness (QED) is 0.824. The molecule has 0 unspecified atom stereocenters. The molecule has 1 aromatic rings. The van der Waals surface area contributed by atoms with E-state index in [0.717, 1.165) is 6.20 Å². The molecule has 0 aromatic carbocycles. The van der Waals surface area contributed by atoms with Crippen LogP contribution in [0.1, 0.15) is 40.5 Å². The molecule has 0 aliphatic rings. The number of aromatic nitrogens is 1. The number of nitrogens with zero attached hydrogens (tertiary/aromatic N) is 2. The van der Waals surface area contributed by atoms with Crippen LogP contribution in [0.15, 0.2) is 6.20 Å². The summed E-state index contributed by atoms with van der Waals surface area (Å²) in [5, 5.41) is 8.97. The van der Waals surface area contributed by atoms with Gasteiger partial charge in [0.05, 0.1) is 17.7 Å². The molecule has 1 aromatic heterocycles. The Morgan fingerprint density at radius 3 is 2.78 bits per heavy atom. The highest BCUT2D eigenvalue weighted by molar-refractivity contribution is 5.92. The number of nitriles is 1. The highest BCUT2D eigenvalue weighted by atomic mass is 19.3. The second-order valence-corrected chi connectivity index (χ2v) is 3.25. The standard InChI is InChI=1S/C11H11F2N3O2/c1-2-18-11(17)8-5-16-9(10(12)13)7(4-15)6(8)3-14/h5,10H,2,4,15H2,1H3. The van der Waals surface area contributed by atoms with Crippen molar-refractivity contribution in [2.45, 2.75) is 19.9 Å². The molecule has 0 aliphatic heterocycles. The van der Waals surface area contributed by atoms with Crippen molar-refractivity contribution in [2.75, 3.05) is 6.61 Å². The number of halogens is 2. The van der Waals surface area contributed by atoms with Crippen molar-refractivity contribution in [3.63, 3.8) is 0 Å². The third-order valence-electron chi connectivity index (χ3n) is 2.23. The van der Waals surface area contributed by atoms with E-state index in [1.807, 2.05) is 0 Å². The van der Waals surface area contributed by atoms with Crippen molar-refractivity contribution in [1.29, 1.82) is 5.26 Å². The van der Waals surface area contributed by atoms with Crippen LogP contribution in [-0.2, 0) is 11.3 Å². The number of carbonyl (C=O) groups excluding carboxylic acids is 1. The topological polar surface area (TPSA) is 89.0 Å². The van der Waals surface area contributed by atoms with Gasteiger partial charge in [-0.1, -0.05) is 0 Å². The number of pyridine rings is 1. The van der Waals surface area contributed by atoms with Gasteiger partial charge in [0.2, 0.25) is 0 Å². The van der Waals surface area contributed by atoms with Crippen molar-refractivity contribution in [1.82, 2.24) is 4.98 Å². The van der Waals surface area contributed by atoms with E-state index >= 15 is 0 Å². The molecule has 7 heteroatoms. The number of ether oxygens (including phenoxy) is 1. The maximum absolute atomic E-state index is 12.7. The first-order valence-electron chi connectivity index (χ1n) is 5.14. The van der Waals surface area contributed by atoms with Gasteiger partial charge in [-0.05, 0) is 6.92 Å². The normalized spacial score (nSPS) is 10.2. The van der Waals surface area contributed by atoms with Crippen molar-refractivity contribution in [3.8, 4) is 6.07 Å². The molecule has 1 heterocycles. The van der Waals surface area contributed by atoms with Crippen LogP contribution in [0.5, 0.6) is 0 Å². The molecular formula is C11H11F2N3O2. The van der Waals surface area contributed by atoms with Crippen molar-refractivity contribution < 1.29 is 18.3 Å². The molecule has 2 N–H and O–H groups in total. The Labute approximate surface area is 102 Å². The zero-order valence-corrected chi connectivity index (χ0v) is 9.61. The summed E-state index contributed by atoms with van der Waals surface area (Å²) in [6.45, 7) is 1.40. The molecule has 0 fully saturated rings. The van der Waals surface area contributed by atoms with Gasteiger partial charge in [0, 0.05) is 18.3 Å². The third kappa shape index (κ3) is 2.60. The Bertz CT molecular complexity index is 498. The fourth-order valence-electron chi connectivity index (χ4n) is 1.45. The average molecular weight is 255 g/mol. The smallest absolute Gasteiger partial charge is 0.341 e. The Balaban J connectivity index is 3.40. The van der Waals surface area contributed by atoms with E-state index in [2.05, 4.69) is 4.98 Å². The monoisotopic (exact) mass is 255 g/mol. The number of nitrogens with two attached hydrogens (primary N) is 1. The largest absolute Gasteiger partial charge is 0.462 e. The van der Waals surface area contributed by atoms with Gasteiger partial charge in [-0.2, -0.15) is 5.26 Å².